The number of nitrogens with two attached hydrogens (primary N) is 1. The maximum atomic E-state index is 12.1. The number of rotatable bonds is 9. The SMILES string of the molecule is C#C.CC(C)C.CCN(CC)Sc1scc(Nc2c(N(N)Cc3ccc(C)o3)c(=O)c2=O)c1O. The third-order valence-electron chi connectivity index (χ3n) is 4.20. The number of hydrazine groups is 1. The summed E-state index contributed by atoms with van der Waals surface area (Å²) < 4.78 is 8.26. The van der Waals surface area contributed by atoms with Crippen LogP contribution in [-0.2, 0) is 6.54 Å². The zero-order valence-corrected chi connectivity index (χ0v) is 22.2. The Labute approximate surface area is 209 Å². The van der Waals surface area contributed by atoms with E-state index in [0.29, 0.717) is 15.7 Å². The molecule has 2 aromatic heterocycles. The van der Waals surface area contributed by atoms with Gasteiger partial charge >= 0.3 is 0 Å². The van der Waals surface area contributed by atoms with Gasteiger partial charge in [-0.05, 0) is 36.9 Å². The molecule has 0 unspecified atom stereocenters. The molecule has 0 saturated carbocycles. The molecule has 1 aromatic carbocycles. The fraction of sp³-hybridized carbons (Fsp3) is 0.417. The zero-order chi connectivity index (χ0) is 26.0. The zero-order valence-electron chi connectivity index (χ0n) is 20.5. The first kappa shape index (κ1) is 29.3. The van der Waals surface area contributed by atoms with Gasteiger partial charge in [0.2, 0.25) is 0 Å². The summed E-state index contributed by atoms with van der Waals surface area (Å²) in [5.74, 6) is 8.18. The summed E-state index contributed by atoms with van der Waals surface area (Å²) in [4.78, 5) is 24.1. The van der Waals surface area contributed by atoms with Crippen LogP contribution in [0.5, 0.6) is 5.75 Å². The van der Waals surface area contributed by atoms with E-state index in [2.05, 4.69) is 43.2 Å². The van der Waals surface area contributed by atoms with E-state index >= 15 is 0 Å². The number of aryl methyl sites for hydroxylation is 1. The molecule has 0 atom stereocenters. The molecule has 3 rings (SSSR count). The van der Waals surface area contributed by atoms with E-state index in [4.69, 9.17) is 10.3 Å². The molecular formula is C24H34N4O4S2. The summed E-state index contributed by atoms with van der Waals surface area (Å²) in [5.41, 5.74) is -0.813. The Kier molecular flexibility index (Phi) is 12.0. The van der Waals surface area contributed by atoms with Gasteiger partial charge in [0.1, 0.15) is 27.1 Å². The fourth-order valence-corrected chi connectivity index (χ4v) is 4.62. The average Bonchev–Trinajstić information content (AvgIpc) is 3.37. The average molecular weight is 507 g/mol. The van der Waals surface area contributed by atoms with E-state index < -0.39 is 10.9 Å². The molecular weight excluding hydrogens is 472 g/mol. The van der Waals surface area contributed by atoms with Crippen molar-refractivity contribution in [3.8, 4) is 18.6 Å². The molecule has 3 aromatic rings. The quantitative estimate of drug-likeness (QED) is 0.123. The first-order chi connectivity index (χ1) is 16.1. The smallest absolute Gasteiger partial charge is 0.254 e. The molecule has 0 spiro atoms. The summed E-state index contributed by atoms with van der Waals surface area (Å²) in [7, 11) is 0. The van der Waals surface area contributed by atoms with Gasteiger partial charge in [-0.1, -0.05) is 34.6 Å². The van der Waals surface area contributed by atoms with E-state index in [1.165, 1.54) is 28.3 Å². The number of nitrogens with zero attached hydrogens (tertiary/aromatic N) is 2. The van der Waals surface area contributed by atoms with Crippen LogP contribution >= 0.6 is 23.3 Å². The van der Waals surface area contributed by atoms with Crippen LogP contribution in [0.2, 0.25) is 0 Å². The minimum absolute atomic E-state index is 0.0473. The van der Waals surface area contributed by atoms with Crippen molar-refractivity contribution >= 4 is 40.3 Å². The van der Waals surface area contributed by atoms with Crippen molar-refractivity contribution in [2.24, 2.45) is 11.8 Å². The van der Waals surface area contributed by atoms with Crippen molar-refractivity contribution in [1.82, 2.24) is 4.31 Å². The molecule has 0 aliphatic heterocycles. The number of furan rings is 1. The van der Waals surface area contributed by atoms with E-state index in [9.17, 15) is 14.7 Å². The summed E-state index contributed by atoms with van der Waals surface area (Å²) in [6.45, 7) is 14.2. The molecule has 0 saturated heterocycles. The van der Waals surface area contributed by atoms with E-state index in [0.717, 1.165) is 24.8 Å². The molecule has 8 nitrogen and oxygen atoms in total. The number of hydrogen-bond acceptors (Lipinski definition) is 10. The molecule has 0 amide bonds. The van der Waals surface area contributed by atoms with Crippen molar-refractivity contribution in [3.63, 3.8) is 0 Å². The minimum Gasteiger partial charge on any atom is -0.504 e. The lowest BCUT2D eigenvalue weighted by molar-refractivity contribution is 0.466. The number of thiophene rings is 1. The highest BCUT2D eigenvalue weighted by Gasteiger charge is 2.27. The van der Waals surface area contributed by atoms with Gasteiger partial charge in [-0.15, -0.1) is 24.2 Å². The van der Waals surface area contributed by atoms with E-state index in [-0.39, 0.29) is 23.7 Å². The van der Waals surface area contributed by atoms with Crippen LogP contribution in [0.1, 0.15) is 46.1 Å². The van der Waals surface area contributed by atoms with E-state index in [1.807, 2.05) is 20.8 Å². The predicted molar refractivity (Wildman–Crippen MR) is 144 cm³/mol. The Morgan fingerprint density at radius 1 is 1.18 bits per heavy atom. The van der Waals surface area contributed by atoms with Crippen LogP contribution < -0.4 is 27.0 Å². The maximum absolute atomic E-state index is 12.1. The second-order valence-corrected chi connectivity index (χ2v) is 10.1. The lowest BCUT2D eigenvalue weighted by Crippen LogP contribution is -2.45. The number of anilines is 3. The van der Waals surface area contributed by atoms with Crippen molar-refractivity contribution in [2.45, 2.75) is 52.3 Å². The lowest BCUT2D eigenvalue weighted by atomic mass is 10.1. The number of nitrogens with one attached hydrogen (secondary N) is 1. The topological polar surface area (TPSA) is 112 Å². The first-order valence-electron chi connectivity index (χ1n) is 10.8. The van der Waals surface area contributed by atoms with Crippen molar-refractivity contribution in [2.75, 3.05) is 23.4 Å². The standard InChI is InChI=1S/C18H22N4O4S2.C4H10.C2H2/c1-4-21(5-2)28-18-15(23)12(9-27-18)20-13-14(17(25)16(13)24)22(19)8-11-7-6-10(3)26-11;1-4(2)3;1-2/h6-7,9,20,23H,4-5,8,19H2,1-3H3;4H,1-3H3;1-2H. The highest BCUT2D eigenvalue weighted by atomic mass is 32.2. The van der Waals surface area contributed by atoms with Gasteiger partial charge in [-0.2, -0.15) is 0 Å². The second-order valence-electron chi connectivity index (χ2n) is 7.87. The van der Waals surface area contributed by atoms with Crippen LogP contribution in [-0.4, -0.2) is 22.5 Å². The Morgan fingerprint density at radius 3 is 2.26 bits per heavy atom. The third kappa shape index (κ3) is 7.67. The Bertz CT molecular complexity index is 1120. The third-order valence-corrected chi connectivity index (χ3v) is 6.61. The van der Waals surface area contributed by atoms with Crippen LogP contribution in [0.25, 0.3) is 0 Å². The monoisotopic (exact) mass is 506 g/mol. The van der Waals surface area contributed by atoms with Gasteiger partial charge in [0, 0.05) is 18.5 Å². The second kappa shape index (κ2) is 13.9. The molecule has 0 aliphatic carbocycles. The Balaban J connectivity index is 0.000000872. The normalized spacial score (nSPS) is 10.6. The highest BCUT2D eigenvalue weighted by Crippen LogP contribution is 2.43. The first-order valence-corrected chi connectivity index (χ1v) is 12.5. The van der Waals surface area contributed by atoms with Crippen molar-refractivity contribution in [3.05, 3.63) is 49.5 Å². The molecule has 0 aliphatic rings. The molecule has 0 radical (unpaired) electrons. The van der Waals surface area contributed by atoms with Gasteiger partial charge in [0.15, 0.2) is 5.75 Å². The molecule has 10 heteroatoms. The van der Waals surface area contributed by atoms with Gasteiger partial charge in [-0.3, -0.25) is 14.6 Å². The maximum Gasteiger partial charge on any atom is 0.254 e. The molecule has 0 bridgehead atoms. The summed E-state index contributed by atoms with van der Waals surface area (Å²) >= 11 is 2.81. The van der Waals surface area contributed by atoms with Crippen LogP contribution in [0.4, 0.5) is 17.1 Å². The largest absolute Gasteiger partial charge is 0.504 e. The summed E-state index contributed by atoms with van der Waals surface area (Å²) in [6, 6.07) is 3.55. The van der Waals surface area contributed by atoms with Crippen LogP contribution in [0, 0.1) is 25.7 Å². The molecule has 186 valence electrons. The molecule has 2 heterocycles. The predicted octanol–water partition coefficient (Wildman–Crippen LogP) is 4.84. The number of hydrogen-bond donors (Lipinski definition) is 3. The Hall–Kier alpha value is -2.71. The minimum atomic E-state index is -0.666. The van der Waals surface area contributed by atoms with Crippen LogP contribution in [0.3, 0.4) is 0 Å². The number of aromatic hydroxyl groups is 1. The van der Waals surface area contributed by atoms with Gasteiger partial charge in [0.25, 0.3) is 10.9 Å². The summed E-state index contributed by atoms with van der Waals surface area (Å²) in [5, 5.41) is 16.2. The molecule has 4 N–H and O–H groups in total. The number of terminal acetylenes is 1. The summed E-state index contributed by atoms with van der Waals surface area (Å²) in [6.07, 6.45) is 8.00. The molecule has 34 heavy (non-hydrogen) atoms. The molecule has 0 fully saturated rings. The van der Waals surface area contributed by atoms with Gasteiger partial charge in [-0.25, -0.2) is 10.1 Å². The highest BCUT2D eigenvalue weighted by molar-refractivity contribution is 7.99. The van der Waals surface area contributed by atoms with Gasteiger partial charge in [0.05, 0.1) is 12.2 Å². The van der Waals surface area contributed by atoms with Crippen LogP contribution in [0.15, 0.2) is 35.7 Å². The van der Waals surface area contributed by atoms with Gasteiger partial charge < -0.3 is 14.8 Å². The fourth-order valence-electron chi connectivity index (χ4n) is 2.68. The Morgan fingerprint density at radius 2 is 1.76 bits per heavy atom. The van der Waals surface area contributed by atoms with Crippen molar-refractivity contribution < 1.29 is 9.52 Å². The lowest BCUT2D eigenvalue weighted by Gasteiger charge is -2.22. The van der Waals surface area contributed by atoms with E-state index in [1.54, 1.807) is 17.5 Å². The van der Waals surface area contributed by atoms with Crippen molar-refractivity contribution in [1.29, 1.82) is 0 Å².